The molecule has 1 fully saturated rings. The van der Waals surface area contributed by atoms with Crippen LogP contribution in [0.5, 0.6) is 0 Å². The van der Waals surface area contributed by atoms with E-state index in [1.54, 1.807) is 7.11 Å². The van der Waals surface area contributed by atoms with Crippen LogP contribution in [0.3, 0.4) is 0 Å². The fraction of sp³-hybridized carbons (Fsp3) is 0.875. The van der Waals surface area contributed by atoms with Gasteiger partial charge in [0.25, 0.3) is 0 Å². The molecule has 1 unspecified atom stereocenters. The first-order chi connectivity index (χ1) is 5.75. The SMILES string of the molecule is CNCC1(COC)CCOC1=O. The van der Waals surface area contributed by atoms with Crippen molar-refractivity contribution in [1.82, 2.24) is 5.32 Å². The average Bonchev–Trinajstić information content (AvgIpc) is 2.35. The normalized spacial score (nSPS) is 29.0. The molecule has 1 atom stereocenters. The monoisotopic (exact) mass is 173 g/mol. The standard InChI is InChI=1S/C8H15NO3/c1-9-5-8(6-11-2)3-4-12-7(8)10/h9H,3-6H2,1-2H3. The number of hydrogen-bond acceptors (Lipinski definition) is 4. The third kappa shape index (κ3) is 1.59. The number of methoxy groups -OCH3 is 1. The summed E-state index contributed by atoms with van der Waals surface area (Å²) in [4.78, 5) is 11.3. The Balaban J connectivity index is 2.63. The fourth-order valence-electron chi connectivity index (χ4n) is 1.55. The van der Waals surface area contributed by atoms with Crippen LogP contribution in [-0.2, 0) is 14.3 Å². The van der Waals surface area contributed by atoms with Crippen molar-refractivity contribution < 1.29 is 14.3 Å². The summed E-state index contributed by atoms with van der Waals surface area (Å²) in [6, 6.07) is 0. The average molecular weight is 173 g/mol. The highest BCUT2D eigenvalue weighted by atomic mass is 16.5. The Morgan fingerprint density at radius 1 is 1.75 bits per heavy atom. The minimum atomic E-state index is -0.441. The van der Waals surface area contributed by atoms with Crippen molar-refractivity contribution in [2.24, 2.45) is 5.41 Å². The van der Waals surface area contributed by atoms with Gasteiger partial charge in [0.05, 0.1) is 13.2 Å². The lowest BCUT2D eigenvalue weighted by Crippen LogP contribution is -2.40. The van der Waals surface area contributed by atoms with Crippen LogP contribution in [0.15, 0.2) is 0 Å². The number of carbonyl (C=O) groups is 1. The minimum Gasteiger partial charge on any atom is -0.465 e. The summed E-state index contributed by atoms with van der Waals surface area (Å²) in [6.07, 6.45) is 0.751. The lowest BCUT2D eigenvalue weighted by Gasteiger charge is -2.22. The van der Waals surface area contributed by atoms with Crippen LogP contribution in [0, 0.1) is 5.41 Å². The Morgan fingerprint density at radius 2 is 2.50 bits per heavy atom. The number of ether oxygens (including phenoxy) is 2. The zero-order chi connectivity index (χ0) is 9.03. The van der Waals surface area contributed by atoms with Gasteiger partial charge >= 0.3 is 5.97 Å². The van der Waals surface area contributed by atoms with E-state index >= 15 is 0 Å². The summed E-state index contributed by atoms with van der Waals surface area (Å²) in [7, 11) is 3.42. The van der Waals surface area contributed by atoms with Gasteiger partial charge in [0, 0.05) is 20.1 Å². The molecule has 0 spiro atoms. The van der Waals surface area contributed by atoms with Crippen molar-refractivity contribution in [1.29, 1.82) is 0 Å². The molecular formula is C8H15NO3. The second-order valence-corrected chi connectivity index (χ2v) is 3.13. The molecule has 1 heterocycles. The number of carbonyl (C=O) groups excluding carboxylic acids is 1. The Morgan fingerprint density at radius 3 is 2.92 bits per heavy atom. The maximum absolute atomic E-state index is 11.3. The molecule has 1 aliphatic rings. The van der Waals surface area contributed by atoms with Gasteiger partial charge in [-0.2, -0.15) is 0 Å². The van der Waals surface area contributed by atoms with Gasteiger partial charge in [-0.05, 0) is 7.05 Å². The summed E-state index contributed by atoms with van der Waals surface area (Å²) in [5.41, 5.74) is -0.441. The van der Waals surface area contributed by atoms with Crippen LogP contribution < -0.4 is 5.32 Å². The van der Waals surface area contributed by atoms with Crippen LogP contribution in [0.25, 0.3) is 0 Å². The smallest absolute Gasteiger partial charge is 0.315 e. The van der Waals surface area contributed by atoms with Gasteiger partial charge in [0.15, 0.2) is 0 Å². The van der Waals surface area contributed by atoms with Crippen molar-refractivity contribution >= 4 is 5.97 Å². The van der Waals surface area contributed by atoms with E-state index in [-0.39, 0.29) is 5.97 Å². The van der Waals surface area contributed by atoms with Crippen molar-refractivity contribution in [2.45, 2.75) is 6.42 Å². The maximum atomic E-state index is 11.3. The fourth-order valence-corrected chi connectivity index (χ4v) is 1.55. The first-order valence-corrected chi connectivity index (χ1v) is 4.06. The van der Waals surface area contributed by atoms with E-state index in [2.05, 4.69) is 5.32 Å². The van der Waals surface area contributed by atoms with Crippen LogP contribution in [-0.4, -0.2) is 39.9 Å². The molecule has 0 aromatic heterocycles. The summed E-state index contributed by atoms with van der Waals surface area (Å²) in [5, 5.41) is 2.98. The van der Waals surface area contributed by atoms with Gasteiger partial charge in [0.2, 0.25) is 0 Å². The molecule has 1 aliphatic heterocycles. The van der Waals surface area contributed by atoms with E-state index in [4.69, 9.17) is 9.47 Å². The van der Waals surface area contributed by atoms with E-state index < -0.39 is 5.41 Å². The summed E-state index contributed by atoms with van der Waals surface area (Å²) >= 11 is 0. The molecule has 1 N–H and O–H groups in total. The van der Waals surface area contributed by atoms with Gasteiger partial charge in [0.1, 0.15) is 5.41 Å². The van der Waals surface area contributed by atoms with Crippen LogP contribution in [0.2, 0.25) is 0 Å². The lowest BCUT2D eigenvalue weighted by molar-refractivity contribution is -0.148. The first-order valence-electron chi connectivity index (χ1n) is 4.06. The van der Waals surface area contributed by atoms with Crippen LogP contribution in [0.4, 0.5) is 0 Å². The Labute approximate surface area is 72.2 Å². The van der Waals surface area contributed by atoms with E-state index in [9.17, 15) is 4.79 Å². The molecule has 0 aromatic rings. The van der Waals surface area contributed by atoms with E-state index in [1.807, 2.05) is 7.05 Å². The summed E-state index contributed by atoms with van der Waals surface area (Å²) in [6.45, 7) is 1.58. The third-order valence-electron chi connectivity index (χ3n) is 2.18. The molecule has 4 heteroatoms. The molecule has 0 amide bonds. The highest BCUT2D eigenvalue weighted by Crippen LogP contribution is 2.29. The number of hydrogen-bond donors (Lipinski definition) is 1. The van der Waals surface area contributed by atoms with Gasteiger partial charge in [-0.1, -0.05) is 0 Å². The van der Waals surface area contributed by atoms with Gasteiger partial charge in [-0.15, -0.1) is 0 Å². The molecule has 0 aliphatic carbocycles. The van der Waals surface area contributed by atoms with Crippen molar-refractivity contribution in [3.8, 4) is 0 Å². The lowest BCUT2D eigenvalue weighted by atomic mass is 9.87. The molecule has 4 nitrogen and oxygen atoms in total. The zero-order valence-corrected chi connectivity index (χ0v) is 7.55. The number of nitrogens with one attached hydrogen (secondary N) is 1. The molecular weight excluding hydrogens is 158 g/mol. The zero-order valence-electron chi connectivity index (χ0n) is 7.55. The largest absolute Gasteiger partial charge is 0.465 e. The second kappa shape index (κ2) is 3.87. The van der Waals surface area contributed by atoms with Gasteiger partial charge in [-0.25, -0.2) is 0 Å². The molecule has 0 bridgehead atoms. The van der Waals surface area contributed by atoms with Crippen LogP contribution in [0.1, 0.15) is 6.42 Å². The molecule has 0 saturated carbocycles. The summed E-state index contributed by atoms with van der Waals surface area (Å²) < 4.78 is 9.93. The molecule has 1 saturated heterocycles. The number of esters is 1. The number of cyclic esters (lactones) is 1. The Bertz CT molecular complexity index is 164. The highest BCUT2D eigenvalue weighted by molar-refractivity contribution is 5.79. The van der Waals surface area contributed by atoms with Crippen molar-refractivity contribution in [3.05, 3.63) is 0 Å². The number of rotatable bonds is 4. The van der Waals surface area contributed by atoms with Crippen molar-refractivity contribution in [2.75, 3.05) is 33.9 Å². The maximum Gasteiger partial charge on any atom is 0.315 e. The first kappa shape index (κ1) is 9.48. The van der Waals surface area contributed by atoms with Crippen molar-refractivity contribution in [3.63, 3.8) is 0 Å². The van der Waals surface area contributed by atoms with E-state index in [0.29, 0.717) is 19.8 Å². The minimum absolute atomic E-state index is 0.140. The van der Waals surface area contributed by atoms with Gasteiger partial charge in [-0.3, -0.25) is 4.79 Å². The molecule has 0 aromatic carbocycles. The van der Waals surface area contributed by atoms with E-state index in [1.165, 1.54) is 0 Å². The molecule has 70 valence electrons. The topological polar surface area (TPSA) is 47.6 Å². The Hall–Kier alpha value is -0.610. The predicted molar refractivity (Wildman–Crippen MR) is 43.8 cm³/mol. The van der Waals surface area contributed by atoms with Gasteiger partial charge < -0.3 is 14.8 Å². The summed E-state index contributed by atoms with van der Waals surface area (Å²) in [5.74, 6) is -0.140. The molecule has 0 radical (unpaired) electrons. The van der Waals surface area contributed by atoms with Crippen LogP contribution >= 0.6 is 0 Å². The molecule has 1 rings (SSSR count). The Kier molecular flexibility index (Phi) is 3.05. The second-order valence-electron chi connectivity index (χ2n) is 3.13. The predicted octanol–water partition coefficient (Wildman–Crippen LogP) is -0.215. The highest BCUT2D eigenvalue weighted by Gasteiger charge is 2.44. The molecule has 12 heavy (non-hydrogen) atoms. The van der Waals surface area contributed by atoms with E-state index in [0.717, 1.165) is 6.42 Å². The quantitative estimate of drug-likeness (QED) is 0.597. The third-order valence-corrected chi connectivity index (χ3v) is 2.18.